The number of H-pyrrole nitrogens is 1. The zero-order valence-electron chi connectivity index (χ0n) is 8.78. The van der Waals surface area contributed by atoms with Crippen LogP contribution in [0.4, 0.5) is 0 Å². The smallest absolute Gasteiger partial charge is 0.153 e. The fraction of sp³-hybridized carbons (Fsp3) is 0.333. The van der Waals surface area contributed by atoms with E-state index >= 15 is 0 Å². The summed E-state index contributed by atoms with van der Waals surface area (Å²) in [6, 6.07) is 8.30. The van der Waals surface area contributed by atoms with Gasteiger partial charge >= 0.3 is 0 Å². The summed E-state index contributed by atoms with van der Waals surface area (Å²) >= 11 is 3.43. The van der Waals surface area contributed by atoms with Crippen molar-refractivity contribution < 1.29 is 0 Å². The molecule has 3 rings (SSSR count). The number of hydrogen-bond acceptors (Lipinski definition) is 2. The first-order valence-electron chi connectivity index (χ1n) is 5.47. The molecule has 0 unspecified atom stereocenters. The highest BCUT2D eigenvalue weighted by Crippen LogP contribution is 2.37. The molecule has 16 heavy (non-hydrogen) atoms. The zero-order valence-corrected chi connectivity index (χ0v) is 10.4. The van der Waals surface area contributed by atoms with Crippen LogP contribution in [0, 0.1) is 0 Å². The van der Waals surface area contributed by atoms with E-state index in [1.165, 1.54) is 18.4 Å². The number of benzene rings is 1. The summed E-state index contributed by atoms with van der Waals surface area (Å²) in [5.74, 6) is 2.58. The van der Waals surface area contributed by atoms with Crippen LogP contribution in [0.5, 0.6) is 0 Å². The minimum absolute atomic E-state index is 0.620. The van der Waals surface area contributed by atoms with Crippen LogP contribution >= 0.6 is 15.9 Å². The second-order valence-electron chi connectivity index (χ2n) is 4.22. The molecule has 0 radical (unpaired) electrons. The van der Waals surface area contributed by atoms with Crippen molar-refractivity contribution in [2.24, 2.45) is 0 Å². The Labute approximate surface area is 102 Å². The average molecular weight is 278 g/mol. The van der Waals surface area contributed by atoms with Crippen molar-refractivity contribution in [3.8, 4) is 0 Å². The van der Waals surface area contributed by atoms with Gasteiger partial charge in [-0.25, -0.2) is 4.98 Å². The molecule has 0 amide bonds. The second kappa shape index (κ2) is 4.01. The van der Waals surface area contributed by atoms with Gasteiger partial charge in [0.2, 0.25) is 0 Å². The maximum atomic E-state index is 4.51. The highest BCUT2D eigenvalue weighted by Gasteiger charge is 2.27. The Balaban J connectivity index is 1.75. The van der Waals surface area contributed by atoms with Crippen LogP contribution in [-0.4, -0.2) is 15.2 Å². The molecule has 1 saturated carbocycles. The molecule has 1 aliphatic carbocycles. The van der Waals surface area contributed by atoms with Gasteiger partial charge < -0.3 is 0 Å². The summed E-state index contributed by atoms with van der Waals surface area (Å²) in [7, 11) is 0. The van der Waals surface area contributed by atoms with Gasteiger partial charge in [0.15, 0.2) is 5.82 Å². The van der Waals surface area contributed by atoms with Crippen molar-refractivity contribution in [1.82, 2.24) is 15.2 Å². The monoisotopic (exact) mass is 277 g/mol. The van der Waals surface area contributed by atoms with Crippen LogP contribution in [0.1, 0.15) is 36.0 Å². The Morgan fingerprint density at radius 2 is 2.00 bits per heavy atom. The van der Waals surface area contributed by atoms with Crippen LogP contribution in [0.15, 0.2) is 28.7 Å². The quantitative estimate of drug-likeness (QED) is 0.937. The first-order valence-corrected chi connectivity index (χ1v) is 6.26. The molecule has 0 atom stereocenters. The molecule has 0 aliphatic heterocycles. The Kier molecular flexibility index (Phi) is 2.52. The number of nitrogens with zero attached hydrogens (tertiary/aromatic N) is 2. The van der Waals surface area contributed by atoms with Crippen molar-refractivity contribution >= 4 is 15.9 Å². The molecule has 0 bridgehead atoms. The number of aromatic nitrogens is 3. The molecule has 1 aromatic heterocycles. The van der Waals surface area contributed by atoms with E-state index in [-0.39, 0.29) is 0 Å². The zero-order chi connectivity index (χ0) is 11.0. The third kappa shape index (κ3) is 2.16. The largest absolute Gasteiger partial charge is 0.263 e. The van der Waals surface area contributed by atoms with Gasteiger partial charge in [-0.1, -0.05) is 28.1 Å². The van der Waals surface area contributed by atoms with Crippen LogP contribution in [0.25, 0.3) is 0 Å². The molecule has 1 N–H and O–H groups in total. The van der Waals surface area contributed by atoms with Gasteiger partial charge in [0, 0.05) is 16.8 Å². The van der Waals surface area contributed by atoms with Crippen molar-refractivity contribution in [2.75, 3.05) is 0 Å². The SMILES string of the molecule is Brc1ccc(Cc2nc(C3CC3)n[nH]2)cc1. The van der Waals surface area contributed by atoms with E-state index in [4.69, 9.17) is 0 Å². The summed E-state index contributed by atoms with van der Waals surface area (Å²) in [5.41, 5.74) is 1.25. The van der Waals surface area contributed by atoms with E-state index in [1.54, 1.807) is 0 Å². The highest BCUT2D eigenvalue weighted by atomic mass is 79.9. The van der Waals surface area contributed by atoms with Gasteiger partial charge in [-0.05, 0) is 30.5 Å². The molecule has 1 fully saturated rings. The maximum absolute atomic E-state index is 4.51. The number of nitrogens with one attached hydrogen (secondary N) is 1. The molecule has 4 heteroatoms. The average Bonchev–Trinajstić information content (AvgIpc) is 3.04. The molecule has 1 aliphatic rings. The second-order valence-corrected chi connectivity index (χ2v) is 5.13. The fourth-order valence-electron chi connectivity index (χ4n) is 1.71. The van der Waals surface area contributed by atoms with E-state index in [0.29, 0.717) is 5.92 Å². The molecule has 0 spiro atoms. The molecule has 2 aromatic rings. The molecular weight excluding hydrogens is 266 g/mol. The topological polar surface area (TPSA) is 41.6 Å². The van der Waals surface area contributed by atoms with E-state index in [1.807, 2.05) is 12.1 Å². The number of rotatable bonds is 3. The predicted molar refractivity (Wildman–Crippen MR) is 65.3 cm³/mol. The predicted octanol–water partition coefficient (Wildman–Crippen LogP) is 3.04. The molecule has 1 heterocycles. The number of halogens is 1. The Morgan fingerprint density at radius 1 is 1.25 bits per heavy atom. The van der Waals surface area contributed by atoms with Crippen LogP contribution < -0.4 is 0 Å². The lowest BCUT2D eigenvalue weighted by molar-refractivity contribution is 0.932. The van der Waals surface area contributed by atoms with E-state index in [0.717, 1.165) is 22.5 Å². The minimum Gasteiger partial charge on any atom is -0.263 e. The third-order valence-corrected chi connectivity index (χ3v) is 3.31. The Morgan fingerprint density at radius 3 is 2.69 bits per heavy atom. The first kappa shape index (κ1) is 10.0. The normalized spacial score (nSPS) is 15.3. The van der Waals surface area contributed by atoms with Gasteiger partial charge in [-0.3, -0.25) is 5.10 Å². The minimum atomic E-state index is 0.620. The van der Waals surface area contributed by atoms with Crippen LogP contribution in [-0.2, 0) is 6.42 Å². The lowest BCUT2D eigenvalue weighted by Crippen LogP contribution is -1.90. The molecule has 3 nitrogen and oxygen atoms in total. The van der Waals surface area contributed by atoms with Crippen molar-refractivity contribution in [2.45, 2.75) is 25.2 Å². The lowest BCUT2D eigenvalue weighted by Gasteiger charge is -1.97. The third-order valence-electron chi connectivity index (χ3n) is 2.78. The van der Waals surface area contributed by atoms with Gasteiger partial charge in [-0.15, -0.1) is 0 Å². The summed E-state index contributed by atoms with van der Waals surface area (Å²) < 4.78 is 1.10. The van der Waals surface area contributed by atoms with Gasteiger partial charge in [-0.2, -0.15) is 5.10 Å². The Hall–Kier alpha value is -1.16. The molecule has 1 aromatic carbocycles. The number of hydrogen-bond donors (Lipinski definition) is 1. The summed E-state index contributed by atoms with van der Waals surface area (Å²) in [5, 5.41) is 7.26. The maximum Gasteiger partial charge on any atom is 0.153 e. The van der Waals surface area contributed by atoms with E-state index < -0.39 is 0 Å². The first-order chi connectivity index (χ1) is 7.81. The van der Waals surface area contributed by atoms with Crippen molar-refractivity contribution in [1.29, 1.82) is 0 Å². The van der Waals surface area contributed by atoms with E-state index in [2.05, 4.69) is 43.2 Å². The molecule has 0 saturated heterocycles. The van der Waals surface area contributed by atoms with Crippen LogP contribution in [0.3, 0.4) is 0 Å². The fourth-order valence-corrected chi connectivity index (χ4v) is 1.97. The summed E-state index contributed by atoms with van der Waals surface area (Å²) in [6.07, 6.45) is 3.32. The van der Waals surface area contributed by atoms with Gasteiger partial charge in [0.25, 0.3) is 0 Å². The number of aromatic amines is 1. The molecule has 82 valence electrons. The highest BCUT2D eigenvalue weighted by molar-refractivity contribution is 9.10. The van der Waals surface area contributed by atoms with E-state index in [9.17, 15) is 0 Å². The standard InChI is InChI=1S/C12H12BrN3/c13-10-5-1-8(2-6-10)7-11-14-12(16-15-11)9-3-4-9/h1-2,5-6,9H,3-4,7H2,(H,14,15,16). The summed E-state index contributed by atoms with van der Waals surface area (Å²) in [4.78, 5) is 4.51. The van der Waals surface area contributed by atoms with Gasteiger partial charge in [0.1, 0.15) is 5.82 Å². The lowest BCUT2D eigenvalue weighted by atomic mass is 10.1. The molecular formula is C12H12BrN3. The Bertz CT molecular complexity index is 485. The van der Waals surface area contributed by atoms with Crippen molar-refractivity contribution in [3.63, 3.8) is 0 Å². The summed E-state index contributed by atoms with van der Waals surface area (Å²) in [6.45, 7) is 0. The van der Waals surface area contributed by atoms with Gasteiger partial charge in [0.05, 0.1) is 0 Å². The van der Waals surface area contributed by atoms with Crippen LogP contribution in [0.2, 0.25) is 0 Å². The van der Waals surface area contributed by atoms with Crippen molar-refractivity contribution in [3.05, 3.63) is 46.0 Å².